The molecule has 1 rings (SSSR count). The van der Waals surface area contributed by atoms with Gasteiger partial charge in [-0.1, -0.05) is 0 Å². The Balaban J connectivity index is 2.76. The van der Waals surface area contributed by atoms with Crippen molar-refractivity contribution in [3.05, 3.63) is 29.8 Å². The van der Waals surface area contributed by atoms with Crippen LogP contribution in [0.5, 0.6) is 0 Å². The molecule has 0 radical (unpaired) electrons. The Hall–Kier alpha value is -2.18. The number of hydrogen-bond donors (Lipinski definition) is 3. The number of halogens is 2. The monoisotopic (exact) mass is 259 g/mol. The van der Waals surface area contributed by atoms with Crippen LogP contribution in [0.25, 0.3) is 0 Å². The number of rotatable bonds is 6. The molecule has 0 aromatic heterocycles. The predicted octanol–water partition coefficient (Wildman–Crippen LogP) is 1.69. The van der Waals surface area contributed by atoms with Crippen LogP contribution in [-0.2, 0) is 9.59 Å². The molecule has 0 saturated carbocycles. The first-order chi connectivity index (χ1) is 8.40. The molecular formula is C11H11F2NO4. The van der Waals surface area contributed by atoms with E-state index in [-0.39, 0.29) is 18.5 Å². The van der Waals surface area contributed by atoms with Crippen molar-refractivity contribution in [1.82, 2.24) is 0 Å². The normalized spacial score (nSPS) is 11.9. The van der Waals surface area contributed by atoms with Crippen molar-refractivity contribution in [3.8, 4) is 0 Å². The van der Waals surface area contributed by atoms with Crippen LogP contribution in [0.1, 0.15) is 12.8 Å². The van der Waals surface area contributed by atoms with E-state index in [1.54, 1.807) is 0 Å². The van der Waals surface area contributed by atoms with E-state index in [1.807, 2.05) is 0 Å². The molecular weight excluding hydrogens is 248 g/mol. The van der Waals surface area contributed by atoms with Gasteiger partial charge in [-0.25, -0.2) is 13.6 Å². The van der Waals surface area contributed by atoms with E-state index in [2.05, 4.69) is 5.32 Å². The quantitative estimate of drug-likeness (QED) is 0.723. The smallest absolute Gasteiger partial charge is 0.326 e. The van der Waals surface area contributed by atoms with Crippen LogP contribution in [0, 0.1) is 11.6 Å². The fraction of sp³-hybridized carbons (Fsp3) is 0.273. The highest BCUT2D eigenvalue weighted by Gasteiger charge is 2.19. The van der Waals surface area contributed by atoms with Crippen LogP contribution in [0.15, 0.2) is 18.2 Å². The van der Waals surface area contributed by atoms with Gasteiger partial charge < -0.3 is 15.5 Å². The summed E-state index contributed by atoms with van der Waals surface area (Å²) in [7, 11) is 0. The lowest BCUT2D eigenvalue weighted by Gasteiger charge is -2.15. The second kappa shape index (κ2) is 5.95. The minimum atomic E-state index is -1.31. The molecule has 0 saturated heterocycles. The molecule has 0 unspecified atom stereocenters. The van der Waals surface area contributed by atoms with E-state index >= 15 is 0 Å². The van der Waals surface area contributed by atoms with E-state index in [0.29, 0.717) is 6.07 Å². The molecule has 0 spiro atoms. The van der Waals surface area contributed by atoms with Crippen molar-refractivity contribution in [1.29, 1.82) is 0 Å². The maximum atomic E-state index is 13.3. The minimum Gasteiger partial charge on any atom is -0.481 e. The third-order valence-electron chi connectivity index (χ3n) is 2.21. The first-order valence-electron chi connectivity index (χ1n) is 5.06. The fourth-order valence-corrected chi connectivity index (χ4v) is 1.32. The third-order valence-corrected chi connectivity index (χ3v) is 2.21. The molecule has 0 amide bonds. The zero-order valence-corrected chi connectivity index (χ0v) is 9.19. The van der Waals surface area contributed by atoms with E-state index in [0.717, 1.165) is 12.1 Å². The minimum absolute atomic E-state index is 0.186. The SMILES string of the molecule is O=C(O)CC[C@H](Nc1ccc(F)cc1F)C(=O)O. The summed E-state index contributed by atoms with van der Waals surface area (Å²) < 4.78 is 25.9. The van der Waals surface area contributed by atoms with E-state index in [4.69, 9.17) is 10.2 Å². The molecule has 0 heterocycles. The highest BCUT2D eigenvalue weighted by atomic mass is 19.1. The maximum Gasteiger partial charge on any atom is 0.326 e. The first kappa shape index (κ1) is 13.9. The van der Waals surface area contributed by atoms with Gasteiger partial charge in [0.25, 0.3) is 0 Å². The number of carboxylic acid groups (broad SMARTS) is 2. The van der Waals surface area contributed by atoms with E-state index in [9.17, 15) is 18.4 Å². The fourth-order valence-electron chi connectivity index (χ4n) is 1.32. The number of carbonyl (C=O) groups is 2. The summed E-state index contributed by atoms with van der Waals surface area (Å²) in [5.41, 5.74) is -0.186. The third kappa shape index (κ3) is 4.00. The molecule has 7 heteroatoms. The molecule has 0 aliphatic heterocycles. The Morgan fingerprint density at radius 2 is 1.94 bits per heavy atom. The van der Waals surface area contributed by atoms with Crippen molar-refractivity contribution >= 4 is 17.6 Å². The first-order valence-corrected chi connectivity index (χ1v) is 5.06. The van der Waals surface area contributed by atoms with Gasteiger partial charge in [0.2, 0.25) is 0 Å². The van der Waals surface area contributed by atoms with Gasteiger partial charge in [0.1, 0.15) is 17.7 Å². The molecule has 0 aliphatic rings. The van der Waals surface area contributed by atoms with Gasteiger partial charge in [0.05, 0.1) is 5.69 Å². The van der Waals surface area contributed by atoms with Crippen LogP contribution in [0.3, 0.4) is 0 Å². The van der Waals surface area contributed by atoms with Gasteiger partial charge in [-0.3, -0.25) is 4.79 Å². The van der Waals surface area contributed by atoms with Crippen LogP contribution >= 0.6 is 0 Å². The van der Waals surface area contributed by atoms with Gasteiger partial charge in [-0.05, 0) is 18.6 Å². The summed E-state index contributed by atoms with van der Waals surface area (Å²) in [6, 6.07) is 1.39. The maximum absolute atomic E-state index is 13.3. The van der Waals surface area contributed by atoms with E-state index in [1.165, 1.54) is 0 Å². The average Bonchev–Trinajstić information content (AvgIpc) is 2.26. The number of anilines is 1. The Morgan fingerprint density at radius 3 is 2.44 bits per heavy atom. The van der Waals surface area contributed by atoms with Crippen molar-refractivity contribution in [2.24, 2.45) is 0 Å². The number of aliphatic carboxylic acids is 2. The second-order valence-electron chi connectivity index (χ2n) is 3.59. The van der Waals surface area contributed by atoms with Crippen LogP contribution in [0.2, 0.25) is 0 Å². The summed E-state index contributed by atoms with van der Waals surface area (Å²) >= 11 is 0. The van der Waals surface area contributed by atoms with Crippen molar-refractivity contribution < 1.29 is 28.6 Å². The Bertz CT molecular complexity index is 464. The Kier molecular flexibility index (Phi) is 4.59. The molecule has 1 aromatic rings. The number of nitrogens with one attached hydrogen (secondary N) is 1. The average molecular weight is 259 g/mol. The highest BCUT2D eigenvalue weighted by Crippen LogP contribution is 2.17. The van der Waals surface area contributed by atoms with Crippen LogP contribution in [-0.4, -0.2) is 28.2 Å². The lowest BCUT2D eigenvalue weighted by Crippen LogP contribution is -2.30. The molecule has 98 valence electrons. The van der Waals surface area contributed by atoms with Crippen molar-refractivity contribution in [2.75, 3.05) is 5.32 Å². The van der Waals surface area contributed by atoms with E-state index < -0.39 is 29.6 Å². The molecule has 0 fully saturated rings. The lowest BCUT2D eigenvalue weighted by molar-refractivity contribution is -0.139. The summed E-state index contributed by atoms with van der Waals surface area (Å²) in [5, 5.41) is 19.6. The summed E-state index contributed by atoms with van der Waals surface area (Å²) in [5.74, 6) is -4.17. The van der Waals surface area contributed by atoms with Crippen molar-refractivity contribution in [3.63, 3.8) is 0 Å². The van der Waals surface area contributed by atoms with Gasteiger partial charge in [0.15, 0.2) is 0 Å². The Morgan fingerprint density at radius 1 is 1.28 bits per heavy atom. The largest absolute Gasteiger partial charge is 0.481 e. The Labute approximate surface area is 101 Å². The topological polar surface area (TPSA) is 86.6 Å². The zero-order chi connectivity index (χ0) is 13.7. The molecule has 18 heavy (non-hydrogen) atoms. The predicted molar refractivity (Wildman–Crippen MR) is 58.3 cm³/mol. The molecule has 3 N–H and O–H groups in total. The summed E-state index contributed by atoms with van der Waals surface area (Å²) in [6.45, 7) is 0. The molecule has 5 nitrogen and oxygen atoms in total. The zero-order valence-electron chi connectivity index (χ0n) is 9.19. The standard InChI is InChI=1S/C11H11F2NO4/c12-6-1-2-8(7(13)5-6)14-9(11(17)18)3-4-10(15)16/h1-2,5,9,14H,3-4H2,(H,15,16)(H,17,18)/t9-/m0/s1. The number of carboxylic acids is 2. The van der Waals surface area contributed by atoms with Gasteiger partial charge in [-0.15, -0.1) is 0 Å². The summed E-state index contributed by atoms with van der Waals surface area (Å²) in [4.78, 5) is 21.2. The van der Waals surface area contributed by atoms with Gasteiger partial charge in [-0.2, -0.15) is 0 Å². The summed E-state index contributed by atoms with van der Waals surface area (Å²) in [6.07, 6.45) is -0.575. The van der Waals surface area contributed by atoms with Crippen LogP contribution in [0.4, 0.5) is 14.5 Å². The van der Waals surface area contributed by atoms with Crippen LogP contribution < -0.4 is 5.32 Å². The number of hydrogen-bond acceptors (Lipinski definition) is 3. The molecule has 0 aliphatic carbocycles. The molecule has 1 aromatic carbocycles. The highest BCUT2D eigenvalue weighted by molar-refractivity contribution is 5.78. The molecule has 0 bridgehead atoms. The van der Waals surface area contributed by atoms with Crippen molar-refractivity contribution in [2.45, 2.75) is 18.9 Å². The molecule has 1 atom stereocenters. The lowest BCUT2D eigenvalue weighted by atomic mass is 10.1. The number of benzene rings is 1. The van der Waals surface area contributed by atoms with Gasteiger partial charge >= 0.3 is 11.9 Å². The van der Waals surface area contributed by atoms with Gasteiger partial charge in [0, 0.05) is 12.5 Å². The second-order valence-corrected chi connectivity index (χ2v) is 3.59.